The Bertz CT molecular complexity index is 762. The fraction of sp³-hybridized carbons (Fsp3) is 0.368. The first-order chi connectivity index (χ1) is 13.0. The van der Waals surface area contributed by atoms with E-state index >= 15 is 0 Å². The van der Waals surface area contributed by atoms with Gasteiger partial charge < -0.3 is 28.8 Å². The molecule has 2 saturated heterocycles. The van der Waals surface area contributed by atoms with Crippen LogP contribution in [0.1, 0.15) is 0 Å². The predicted octanol–water partition coefficient (Wildman–Crippen LogP) is 3.95. The van der Waals surface area contributed by atoms with Crippen molar-refractivity contribution in [2.45, 2.75) is 12.2 Å². The number of phenolic OH excluding ortho intramolecular Hbond substituents is 1. The fourth-order valence-electron chi connectivity index (χ4n) is 2.06. The first-order valence-electron chi connectivity index (χ1n) is 8.36. The number of aromatic hydroxyl groups is 1. The molecule has 2 aromatic rings. The topological polar surface area (TPSA) is 73.0 Å². The van der Waals surface area contributed by atoms with Crippen LogP contribution < -0.4 is 14.2 Å². The zero-order chi connectivity index (χ0) is 19.2. The minimum absolute atomic E-state index is 0.102. The highest BCUT2D eigenvalue weighted by Crippen LogP contribution is 2.31. The van der Waals surface area contributed by atoms with Crippen LogP contribution in [0.15, 0.2) is 36.4 Å². The van der Waals surface area contributed by atoms with Gasteiger partial charge in [-0.1, -0.05) is 23.2 Å². The highest BCUT2D eigenvalue weighted by Gasteiger charge is 2.24. The van der Waals surface area contributed by atoms with E-state index in [4.69, 9.17) is 46.9 Å². The van der Waals surface area contributed by atoms with Gasteiger partial charge in [0.25, 0.3) is 0 Å². The van der Waals surface area contributed by atoms with Crippen molar-refractivity contribution in [2.24, 2.45) is 0 Å². The number of epoxide rings is 2. The van der Waals surface area contributed by atoms with E-state index in [0.29, 0.717) is 40.5 Å². The van der Waals surface area contributed by atoms with E-state index in [0.717, 1.165) is 13.2 Å². The molecule has 8 heteroatoms. The van der Waals surface area contributed by atoms with E-state index in [1.54, 1.807) is 37.4 Å². The van der Waals surface area contributed by atoms with E-state index in [-0.39, 0.29) is 18.0 Å². The van der Waals surface area contributed by atoms with E-state index in [1.807, 2.05) is 0 Å². The molecular formula is C19H20Cl2O6. The van der Waals surface area contributed by atoms with Gasteiger partial charge in [0.1, 0.15) is 25.4 Å². The lowest BCUT2D eigenvalue weighted by molar-refractivity contribution is 0.252. The molecule has 2 aliphatic rings. The van der Waals surface area contributed by atoms with Gasteiger partial charge in [0.2, 0.25) is 0 Å². The lowest BCUT2D eigenvalue weighted by atomic mass is 10.3. The van der Waals surface area contributed by atoms with Gasteiger partial charge in [-0.3, -0.25) is 0 Å². The van der Waals surface area contributed by atoms with Crippen molar-refractivity contribution >= 4 is 23.2 Å². The van der Waals surface area contributed by atoms with Crippen LogP contribution in [0.3, 0.4) is 0 Å². The number of hydrogen-bond acceptors (Lipinski definition) is 6. The number of methoxy groups -OCH3 is 1. The number of hydrogen-bond donors (Lipinski definition) is 1. The molecule has 1 N–H and O–H groups in total. The smallest absolute Gasteiger partial charge is 0.162 e. The van der Waals surface area contributed by atoms with Gasteiger partial charge in [0, 0.05) is 22.2 Å². The Labute approximate surface area is 167 Å². The standard InChI is InChI=1S/C10H11ClO3.C9H9ClO3/c1-12-9-3-2-7(11)4-10(9)14-6-8-5-13-8;10-6-1-2-8(11)9(3-6)13-5-7-4-12-7/h2-4,8H,5-6H2,1H3;1-3,7,11H,4-5H2/t8-;7-/m11/s1. The number of benzene rings is 2. The maximum absolute atomic E-state index is 9.34. The van der Waals surface area contributed by atoms with Crippen molar-refractivity contribution in [1.29, 1.82) is 0 Å². The molecule has 146 valence electrons. The third kappa shape index (κ3) is 6.66. The molecule has 0 radical (unpaired) electrons. The molecule has 2 aliphatic heterocycles. The van der Waals surface area contributed by atoms with Crippen molar-refractivity contribution in [3.05, 3.63) is 46.4 Å². The zero-order valence-electron chi connectivity index (χ0n) is 14.7. The largest absolute Gasteiger partial charge is 0.504 e. The molecule has 2 heterocycles. The highest BCUT2D eigenvalue weighted by molar-refractivity contribution is 6.31. The van der Waals surface area contributed by atoms with Crippen molar-refractivity contribution in [3.8, 4) is 23.0 Å². The van der Waals surface area contributed by atoms with Crippen LogP contribution in [0.4, 0.5) is 0 Å². The SMILES string of the molecule is COc1ccc(Cl)cc1OC[C@H]1CO1.Oc1ccc(Cl)cc1OC[C@H]1CO1. The predicted molar refractivity (Wildman–Crippen MR) is 102 cm³/mol. The lowest BCUT2D eigenvalue weighted by Gasteiger charge is -2.09. The quantitative estimate of drug-likeness (QED) is 0.691. The molecule has 0 bridgehead atoms. The van der Waals surface area contributed by atoms with E-state index in [2.05, 4.69) is 0 Å². The Kier molecular flexibility index (Phi) is 6.90. The summed E-state index contributed by atoms with van der Waals surface area (Å²) in [5, 5.41) is 10.5. The van der Waals surface area contributed by atoms with Crippen LogP contribution in [-0.2, 0) is 9.47 Å². The van der Waals surface area contributed by atoms with Crippen LogP contribution in [0, 0.1) is 0 Å². The second-order valence-corrected chi connectivity index (χ2v) is 6.81. The van der Waals surface area contributed by atoms with Crippen molar-refractivity contribution in [3.63, 3.8) is 0 Å². The van der Waals surface area contributed by atoms with E-state index in [1.165, 1.54) is 6.07 Å². The van der Waals surface area contributed by atoms with Gasteiger partial charge in [-0.25, -0.2) is 0 Å². The molecule has 2 atom stereocenters. The molecule has 0 amide bonds. The van der Waals surface area contributed by atoms with E-state index in [9.17, 15) is 5.11 Å². The van der Waals surface area contributed by atoms with Gasteiger partial charge in [0.15, 0.2) is 23.0 Å². The summed E-state index contributed by atoms with van der Waals surface area (Å²) in [5.74, 6) is 1.86. The summed E-state index contributed by atoms with van der Waals surface area (Å²) in [6.45, 7) is 2.54. The van der Waals surface area contributed by atoms with Crippen LogP contribution >= 0.6 is 23.2 Å². The minimum atomic E-state index is 0.102. The molecule has 27 heavy (non-hydrogen) atoms. The van der Waals surface area contributed by atoms with E-state index < -0.39 is 0 Å². The highest BCUT2D eigenvalue weighted by atomic mass is 35.5. The normalized spacial score (nSPS) is 19.5. The van der Waals surface area contributed by atoms with Crippen LogP contribution in [0.5, 0.6) is 23.0 Å². The zero-order valence-corrected chi connectivity index (χ0v) is 16.2. The summed E-state index contributed by atoms with van der Waals surface area (Å²) in [4.78, 5) is 0. The average Bonchev–Trinajstić information content (AvgIpc) is 3.56. The number of halogens is 2. The summed E-state index contributed by atoms with van der Waals surface area (Å²) in [5.41, 5.74) is 0. The second-order valence-electron chi connectivity index (χ2n) is 5.94. The number of rotatable bonds is 7. The molecule has 0 aliphatic carbocycles. The molecule has 6 nitrogen and oxygen atoms in total. The molecular weight excluding hydrogens is 395 g/mol. The molecule has 0 unspecified atom stereocenters. The van der Waals surface area contributed by atoms with Gasteiger partial charge >= 0.3 is 0 Å². The van der Waals surface area contributed by atoms with Gasteiger partial charge in [-0.05, 0) is 24.3 Å². The van der Waals surface area contributed by atoms with Crippen molar-refractivity contribution in [1.82, 2.24) is 0 Å². The van der Waals surface area contributed by atoms with Crippen LogP contribution in [-0.4, -0.2) is 50.9 Å². The van der Waals surface area contributed by atoms with Crippen LogP contribution in [0.25, 0.3) is 0 Å². The Hall–Kier alpha value is -1.86. The van der Waals surface area contributed by atoms with Gasteiger partial charge in [0.05, 0.1) is 20.3 Å². The Morgan fingerprint density at radius 3 is 1.96 bits per heavy atom. The first kappa shape index (κ1) is 19.9. The summed E-state index contributed by atoms with van der Waals surface area (Å²) in [6, 6.07) is 9.98. The fourth-order valence-corrected chi connectivity index (χ4v) is 2.39. The molecule has 4 rings (SSSR count). The Morgan fingerprint density at radius 2 is 1.41 bits per heavy atom. The van der Waals surface area contributed by atoms with Gasteiger partial charge in [-0.15, -0.1) is 0 Å². The lowest BCUT2D eigenvalue weighted by Crippen LogP contribution is -2.05. The Balaban J connectivity index is 0.000000156. The van der Waals surface area contributed by atoms with Crippen LogP contribution in [0.2, 0.25) is 10.0 Å². The maximum Gasteiger partial charge on any atom is 0.162 e. The molecule has 0 saturated carbocycles. The van der Waals surface area contributed by atoms with Crippen molar-refractivity contribution in [2.75, 3.05) is 33.5 Å². The Morgan fingerprint density at radius 1 is 0.889 bits per heavy atom. The number of ether oxygens (including phenoxy) is 5. The van der Waals surface area contributed by atoms with Crippen molar-refractivity contribution < 1.29 is 28.8 Å². The van der Waals surface area contributed by atoms with Gasteiger partial charge in [-0.2, -0.15) is 0 Å². The molecule has 0 aromatic heterocycles. The average molecular weight is 415 g/mol. The first-order valence-corrected chi connectivity index (χ1v) is 9.11. The maximum atomic E-state index is 9.34. The summed E-state index contributed by atoms with van der Waals surface area (Å²) < 4.78 is 25.9. The monoisotopic (exact) mass is 414 g/mol. The molecule has 2 fully saturated rings. The summed E-state index contributed by atoms with van der Waals surface area (Å²) in [7, 11) is 1.60. The summed E-state index contributed by atoms with van der Waals surface area (Å²) in [6.07, 6.45) is 0.414. The molecule has 2 aromatic carbocycles. The minimum Gasteiger partial charge on any atom is -0.504 e. The molecule has 0 spiro atoms. The third-order valence-electron chi connectivity index (χ3n) is 3.70. The third-order valence-corrected chi connectivity index (χ3v) is 4.17. The number of phenols is 1. The summed E-state index contributed by atoms with van der Waals surface area (Å²) >= 11 is 11.6. The second kappa shape index (κ2) is 9.37.